The number of aromatic amines is 1. The maximum Gasteiger partial charge on any atom is 0.320 e. The Balaban J connectivity index is 1.39. The Morgan fingerprint density at radius 2 is 1.81 bits per heavy atom. The Morgan fingerprint density at radius 3 is 2.61 bits per heavy atom. The van der Waals surface area contributed by atoms with E-state index in [9.17, 15) is 13.6 Å². The second-order valence-corrected chi connectivity index (χ2v) is 8.27. The summed E-state index contributed by atoms with van der Waals surface area (Å²) in [4.78, 5) is 23.9. The molecule has 3 heterocycles. The maximum atomic E-state index is 13.5. The molecule has 3 aromatic rings. The third-order valence-corrected chi connectivity index (χ3v) is 6.01. The molecule has 0 unspecified atom stereocenters. The number of carbonyl (C=O) groups is 1. The van der Waals surface area contributed by atoms with Crippen molar-refractivity contribution >= 4 is 17.1 Å². The van der Waals surface area contributed by atoms with E-state index in [1.807, 2.05) is 37.3 Å². The molecular weight excluding hydrogens is 402 g/mol. The predicted octanol–water partition coefficient (Wildman–Crippen LogP) is 4.58. The summed E-state index contributed by atoms with van der Waals surface area (Å²) < 4.78 is 32.8. The number of halogens is 2. The van der Waals surface area contributed by atoms with Gasteiger partial charge < -0.3 is 19.5 Å². The summed E-state index contributed by atoms with van der Waals surface area (Å²) in [7, 11) is 0. The average molecular weight is 426 g/mol. The Bertz CT molecular complexity index is 1130. The zero-order valence-electron chi connectivity index (χ0n) is 17.3. The highest BCUT2D eigenvalue weighted by atomic mass is 19.3. The lowest BCUT2D eigenvalue weighted by atomic mass is 10.0. The first-order chi connectivity index (χ1) is 14.9. The number of imidazole rings is 1. The number of aryl methyl sites for hydroxylation is 1. The number of amides is 2. The van der Waals surface area contributed by atoms with Crippen LogP contribution in [0.25, 0.3) is 22.2 Å². The number of aromatic nitrogens is 2. The van der Waals surface area contributed by atoms with Crippen molar-refractivity contribution in [1.82, 2.24) is 19.8 Å². The summed E-state index contributed by atoms with van der Waals surface area (Å²) in [6, 6.07) is 11.8. The second kappa shape index (κ2) is 7.51. The fraction of sp³-hybridized carbons (Fsp3) is 0.391. The fourth-order valence-electron chi connectivity index (χ4n) is 4.28. The summed E-state index contributed by atoms with van der Waals surface area (Å²) in [5, 5.41) is 0. The number of carbonyl (C=O) groups excluding carboxylic acids is 1. The summed E-state index contributed by atoms with van der Waals surface area (Å²) in [6.07, 6.45) is -0.557. The third kappa shape index (κ3) is 3.94. The highest BCUT2D eigenvalue weighted by Crippen LogP contribution is 2.32. The van der Waals surface area contributed by atoms with Crippen LogP contribution in [0, 0.1) is 6.92 Å². The molecule has 31 heavy (non-hydrogen) atoms. The fourth-order valence-corrected chi connectivity index (χ4v) is 4.28. The number of benzene rings is 2. The molecule has 162 valence electrons. The van der Waals surface area contributed by atoms with E-state index in [1.165, 1.54) is 4.90 Å². The molecule has 8 heteroatoms. The topological polar surface area (TPSA) is 61.5 Å². The van der Waals surface area contributed by atoms with E-state index in [0.717, 1.165) is 39.3 Å². The zero-order chi connectivity index (χ0) is 21.6. The predicted molar refractivity (Wildman–Crippen MR) is 113 cm³/mol. The Labute approximate surface area is 178 Å². The number of rotatable bonds is 1. The van der Waals surface area contributed by atoms with E-state index in [1.54, 1.807) is 4.90 Å². The molecule has 0 atom stereocenters. The molecule has 6 nitrogen and oxygen atoms in total. The van der Waals surface area contributed by atoms with Crippen LogP contribution >= 0.6 is 0 Å². The van der Waals surface area contributed by atoms with Gasteiger partial charge in [0.15, 0.2) is 0 Å². The Kier molecular flexibility index (Phi) is 4.79. The molecule has 1 saturated heterocycles. The molecule has 0 spiro atoms. The van der Waals surface area contributed by atoms with Crippen LogP contribution in [-0.4, -0.2) is 58.0 Å². The van der Waals surface area contributed by atoms with E-state index in [0.29, 0.717) is 19.7 Å². The Hall–Kier alpha value is -3.16. The highest BCUT2D eigenvalue weighted by molar-refractivity contribution is 5.82. The number of ether oxygens (including phenoxy) is 1. The van der Waals surface area contributed by atoms with Gasteiger partial charge in [-0.1, -0.05) is 12.1 Å². The van der Waals surface area contributed by atoms with Crippen LogP contribution in [0.3, 0.4) is 0 Å². The van der Waals surface area contributed by atoms with Gasteiger partial charge >= 0.3 is 6.03 Å². The number of fused-ring (bicyclic) bond motifs is 2. The van der Waals surface area contributed by atoms with Crippen LogP contribution in [0.4, 0.5) is 13.6 Å². The van der Waals surface area contributed by atoms with Gasteiger partial charge in [0.25, 0.3) is 5.92 Å². The highest BCUT2D eigenvalue weighted by Gasteiger charge is 2.37. The van der Waals surface area contributed by atoms with Crippen molar-refractivity contribution in [3.8, 4) is 16.9 Å². The summed E-state index contributed by atoms with van der Waals surface area (Å²) in [6.45, 7) is 3.28. The van der Waals surface area contributed by atoms with Gasteiger partial charge in [0.1, 0.15) is 18.2 Å². The van der Waals surface area contributed by atoms with E-state index in [2.05, 4.69) is 16.0 Å². The van der Waals surface area contributed by atoms with Crippen molar-refractivity contribution in [2.45, 2.75) is 32.2 Å². The number of alkyl halides is 2. The van der Waals surface area contributed by atoms with Crippen LogP contribution < -0.4 is 4.74 Å². The number of nitrogens with zero attached hydrogens (tertiary/aromatic N) is 3. The monoisotopic (exact) mass is 426 g/mol. The molecule has 5 rings (SSSR count). The van der Waals surface area contributed by atoms with Gasteiger partial charge in [-0.05, 0) is 42.3 Å². The van der Waals surface area contributed by atoms with Crippen molar-refractivity contribution in [2.75, 3.05) is 26.2 Å². The lowest BCUT2D eigenvalue weighted by molar-refractivity contribution is -0.0493. The molecule has 1 aromatic heterocycles. The normalized spacial score (nSPS) is 18.4. The first kappa shape index (κ1) is 19.8. The van der Waals surface area contributed by atoms with Gasteiger partial charge in [-0.2, -0.15) is 0 Å². The molecule has 1 fully saturated rings. The molecule has 2 amide bonds. The lowest BCUT2D eigenvalue weighted by Crippen LogP contribution is -2.49. The van der Waals surface area contributed by atoms with Crippen molar-refractivity contribution in [3.63, 3.8) is 0 Å². The number of H-pyrrole nitrogens is 1. The van der Waals surface area contributed by atoms with Crippen LogP contribution in [0.2, 0.25) is 0 Å². The van der Waals surface area contributed by atoms with E-state index in [4.69, 9.17) is 4.74 Å². The van der Waals surface area contributed by atoms with Crippen molar-refractivity contribution < 1.29 is 18.3 Å². The number of nitrogens with one attached hydrogen (secondary N) is 1. The van der Waals surface area contributed by atoms with Gasteiger partial charge in [0, 0.05) is 31.5 Å². The molecule has 2 aliphatic heterocycles. The third-order valence-electron chi connectivity index (χ3n) is 6.01. The number of likely N-dealkylation sites (tertiary alicyclic amines) is 1. The smallest absolute Gasteiger partial charge is 0.320 e. The molecule has 1 N–H and O–H groups in total. The zero-order valence-corrected chi connectivity index (χ0v) is 17.3. The minimum absolute atomic E-state index is 0.0830. The SMILES string of the molecule is Cc1nc2ccc(-c3ccc4c(c3)CN(C(=O)N3CCC(F)(F)CC3)CCO4)cc2[nH]1. The van der Waals surface area contributed by atoms with Gasteiger partial charge in [-0.15, -0.1) is 0 Å². The lowest BCUT2D eigenvalue weighted by Gasteiger charge is -2.35. The quantitative estimate of drug-likeness (QED) is 0.619. The largest absolute Gasteiger partial charge is 0.491 e. The average Bonchev–Trinajstić information content (AvgIpc) is 2.98. The molecule has 0 bridgehead atoms. The van der Waals surface area contributed by atoms with E-state index < -0.39 is 5.92 Å². The number of hydrogen-bond donors (Lipinski definition) is 1. The minimum atomic E-state index is -2.67. The van der Waals surface area contributed by atoms with Crippen LogP contribution in [0.5, 0.6) is 5.75 Å². The van der Waals surface area contributed by atoms with E-state index >= 15 is 0 Å². The maximum absolute atomic E-state index is 13.5. The second-order valence-electron chi connectivity index (χ2n) is 8.27. The molecule has 0 aliphatic carbocycles. The summed E-state index contributed by atoms with van der Waals surface area (Å²) in [5.74, 6) is -1.05. The first-order valence-electron chi connectivity index (χ1n) is 10.5. The van der Waals surface area contributed by atoms with Crippen LogP contribution in [-0.2, 0) is 6.54 Å². The van der Waals surface area contributed by atoms with Gasteiger partial charge in [-0.3, -0.25) is 0 Å². The molecule has 0 radical (unpaired) electrons. The number of urea groups is 1. The molecular formula is C23H24F2N4O2. The van der Waals surface area contributed by atoms with Crippen LogP contribution in [0.15, 0.2) is 36.4 Å². The van der Waals surface area contributed by atoms with Gasteiger partial charge in [0.2, 0.25) is 0 Å². The van der Waals surface area contributed by atoms with Gasteiger partial charge in [-0.25, -0.2) is 18.6 Å². The molecule has 2 aliphatic rings. The first-order valence-corrected chi connectivity index (χ1v) is 10.5. The summed E-state index contributed by atoms with van der Waals surface area (Å²) in [5.41, 5.74) is 4.86. The van der Waals surface area contributed by atoms with Crippen molar-refractivity contribution in [3.05, 3.63) is 47.8 Å². The van der Waals surface area contributed by atoms with Gasteiger partial charge in [0.05, 0.1) is 24.1 Å². The number of piperidine rings is 1. The van der Waals surface area contributed by atoms with Crippen molar-refractivity contribution in [1.29, 1.82) is 0 Å². The van der Waals surface area contributed by atoms with Crippen molar-refractivity contribution in [2.24, 2.45) is 0 Å². The molecule has 0 saturated carbocycles. The number of hydrogen-bond acceptors (Lipinski definition) is 3. The molecule has 2 aromatic carbocycles. The standard InChI is InChI=1S/C23H24F2N4O2/c1-15-26-19-4-2-17(13-20(19)27-15)16-3-5-21-18(12-16)14-29(10-11-31-21)22(30)28-8-6-23(24,25)7-9-28/h2-5,12-13H,6-11,14H2,1H3,(H,26,27). The summed E-state index contributed by atoms with van der Waals surface area (Å²) >= 11 is 0. The van der Waals surface area contributed by atoms with E-state index in [-0.39, 0.29) is 32.0 Å². The minimum Gasteiger partial charge on any atom is -0.491 e. The Morgan fingerprint density at radius 1 is 1.06 bits per heavy atom. The van der Waals surface area contributed by atoms with Crippen LogP contribution in [0.1, 0.15) is 24.2 Å².